The quantitative estimate of drug-likeness (QED) is 0.330. The molecule has 42 heavy (non-hydrogen) atoms. The number of piperidine rings is 2. The van der Waals surface area contributed by atoms with Crippen LogP contribution in [0, 0.1) is 11.3 Å². The Balaban J connectivity index is 1.25. The Morgan fingerprint density at radius 3 is 2.48 bits per heavy atom. The van der Waals surface area contributed by atoms with Gasteiger partial charge >= 0.3 is 0 Å². The second-order valence-corrected chi connectivity index (χ2v) is 10.7. The van der Waals surface area contributed by atoms with E-state index in [2.05, 4.69) is 43.6 Å². The van der Waals surface area contributed by atoms with E-state index in [0.717, 1.165) is 51.0 Å². The Morgan fingerprint density at radius 2 is 1.81 bits per heavy atom. The molecule has 4 N–H and O–H groups in total. The molecule has 0 aliphatic carbocycles. The summed E-state index contributed by atoms with van der Waals surface area (Å²) in [6.45, 7) is 3.64. The number of nitrogens with one attached hydrogen (secondary N) is 2. The number of hydrogen-bond acceptors (Lipinski definition) is 9. The van der Waals surface area contributed by atoms with Crippen LogP contribution in [0.25, 0.3) is 0 Å². The third-order valence-corrected chi connectivity index (χ3v) is 7.95. The van der Waals surface area contributed by atoms with Gasteiger partial charge in [-0.2, -0.15) is 5.26 Å². The monoisotopic (exact) mass is 568 g/mol. The fourth-order valence-corrected chi connectivity index (χ4v) is 5.61. The van der Waals surface area contributed by atoms with Crippen LogP contribution in [0.2, 0.25) is 0 Å². The third-order valence-electron chi connectivity index (χ3n) is 7.95. The topological polar surface area (TPSA) is 150 Å². The molecule has 3 heterocycles. The van der Waals surface area contributed by atoms with Crippen LogP contribution < -0.4 is 26.0 Å². The smallest absolute Gasteiger partial charge is 0.271 e. The van der Waals surface area contributed by atoms with Gasteiger partial charge < -0.3 is 26.0 Å². The van der Waals surface area contributed by atoms with Gasteiger partial charge in [-0.05, 0) is 86.7 Å². The van der Waals surface area contributed by atoms with Crippen LogP contribution in [-0.4, -0.2) is 72.6 Å². The predicted molar refractivity (Wildman–Crippen MR) is 160 cm³/mol. The van der Waals surface area contributed by atoms with E-state index in [9.17, 15) is 9.59 Å². The number of carbonyl (C=O) groups is 2. The van der Waals surface area contributed by atoms with E-state index in [1.165, 1.54) is 5.56 Å². The lowest BCUT2D eigenvalue weighted by Gasteiger charge is -2.34. The highest BCUT2D eigenvalue weighted by molar-refractivity contribution is 5.96. The summed E-state index contributed by atoms with van der Waals surface area (Å²) in [5, 5.41) is 15.3. The summed E-state index contributed by atoms with van der Waals surface area (Å²) in [6, 6.07) is 17.3. The number of nitriles is 1. The van der Waals surface area contributed by atoms with Crippen molar-refractivity contribution in [1.82, 2.24) is 20.2 Å². The molecule has 0 spiro atoms. The number of hydrogen-bond donors (Lipinski definition) is 3. The van der Waals surface area contributed by atoms with Gasteiger partial charge in [0.15, 0.2) is 11.5 Å². The van der Waals surface area contributed by atoms with Crippen LogP contribution in [0.4, 0.5) is 17.3 Å². The molecule has 218 valence electrons. The molecule has 2 aliphatic heterocycles. The fourth-order valence-electron chi connectivity index (χ4n) is 5.61. The Kier molecular flexibility index (Phi) is 9.14. The van der Waals surface area contributed by atoms with Gasteiger partial charge in [0, 0.05) is 30.4 Å². The van der Waals surface area contributed by atoms with Crippen molar-refractivity contribution in [2.75, 3.05) is 50.1 Å². The second kappa shape index (κ2) is 13.3. The van der Waals surface area contributed by atoms with Gasteiger partial charge in [-0.3, -0.25) is 14.5 Å². The van der Waals surface area contributed by atoms with Gasteiger partial charge in [0.25, 0.3) is 11.8 Å². The number of rotatable bonds is 9. The van der Waals surface area contributed by atoms with Gasteiger partial charge in [0.05, 0.1) is 25.9 Å². The van der Waals surface area contributed by atoms with Crippen molar-refractivity contribution in [3.8, 4) is 11.8 Å². The van der Waals surface area contributed by atoms with Crippen LogP contribution in [-0.2, 0) is 0 Å². The highest BCUT2D eigenvalue weighted by Crippen LogP contribution is 2.30. The van der Waals surface area contributed by atoms with E-state index < -0.39 is 5.91 Å². The van der Waals surface area contributed by atoms with Crippen molar-refractivity contribution >= 4 is 29.1 Å². The van der Waals surface area contributed by atoms with E-state index in [1.54, 1.807) is 37.6 Å². The molecule has 2 aromatic carbocycles. The van der Waals surface area contributed by atoms with Gasteiger partial charge in [0.2, 0.25) is 0 Å². The van der Waals surface area contributed by atoms with E-state index in [-0.39, 0.29) is 17.6 Å². The zero-order valence-corrected chi connectivity index (χ0v) is 23.8. The van der Waals surface area contributed by atoms with Crippen molar-refractivity contribution in [3.05, 3.63) is 71.5 Å². The first-order valence-corrected chi connectivity index (χ1v) is 14.3. The number of carbonyl (C=O) groups excluding carboxylic acids is 2. The summed E-state index contributed by atoms with van der Waals surface area (Å²) in [5.74, 6) is 1.24. The lowest BCUT2D eigenvalue weighted by atomic mass is 9.89. The molecule has 1 aromatic heterocycles. The van der Waals surface area contributed by atoms with E-state index in [1.807, 2.05) is 12.1 Å². The first-order valence-electron chi connectivity index (χ1n) is 14.3. The number of primary amides is 1. The van der Waals surface area contributed by atoms with Crippen molar-refractivity contribution < 1.29 is 14.3 Å². The van der Waals surface area contributed by atoms with E-state index in [4.69, 9.17) is 20.7 Å². The molecular weight excluding hydrogens is 532 g/mol. The summed E-state index contributed by atoms with van der Waals surface area (Å²) in [5.41, 5.74) is 8.29. The molecule has 0 radical (unpaired) electrons. The summed E-state index contributed by atoms with van der Waals surface area (Å²) >= 11 is 0. The second-order valence-electron chi connectivity index (χ2n) is 10.7. The van der Waals surface area contributed by atoms with Crippen molar-refractivity contribution in [2.24, 2.45) is 5.73 Å². The van der Waals surface area contributed by atoms with E-state index in [0.29, 0.717) is 42.0 Å². The highest BCUT2D eigenvalue weighted by atomic mass is 16.5. The van der Waals surface area contributed by atoms with Gasteiger partial charge in [-0.15, -0.1) is 0 Å². The number of benzene rings is 2. The molecule has 2 aliphatic rings. The zero-order chi connectivity index (χ0) is 29.5. The number of nitrogens with two attached hydrogens (primary N) is 1. The largest absolute Gasteiger partial charge is 0.497 e. The average Bonchev–Trinajstić information content (AvgIpc) is 3.02. The maximum Gasteiger partial charge on any atom is 0.271 e. The molecule has 2 saturated heterocycles. The highest BCUT2D eigenvalue weighted by Gasteiger charge is 2.25. The Hall–Kier alpha value is -4.69. The Bertz CT molecular complexity index is 1430. The van der Waals surface area contributed by atoms with Crippen molar-refractivity contribution in [1.29, 1.82) is 5.26 Å². The number of nitrogens with zero attached hydrogens (tertiary/aromatic N) is 5. The molecule has 0 bridgehead atoms. The number of methoxy groups -OCH3 is 1. The normalized spacial score (nSPS) is 17.7. The standard InChI is InChI=1S/C31H36N8O3/c1-42-26-10-6-23(7-11-26)31(41)36-25-3-2-15-39(20-25)27-19-34-28(29(33)40)30(37-27)35-24-8-4-21(5-9-24)22-12-16-38(17-13-22)18-14-32/h4-11,19,22,25H,2-3,12-13,15-18,20H2,1H3,(H2,33,40)(H,35,37)(H,36,41). The summed E-state index contributed by atoms with van der Waals surface area (Å²) < 4.78 is 5.18. The maximum atomic E-state index is 12.8. The van der Waals surface area contributed by atoms with Crippen LogP contribution in [0.5, 0.6) is 5.75 Å². The molecule has 2 fully saturated rings. The van der Waals surface area contributed by atoms with Crippen molar-refractivity contribution in [2.45, 2.75) is 37.6 Å². The molecule has 0 saturated carbocycles. The minimum Gasteiger partial charge on any atom is -0.497 e. The SMILES string of the molecule is COc1ccc(C(=O)NC2CCCN(c3cnc(C(N)=O)c(Nc4ccc(C5CCN(CC#N)CC5)cc4)n3)C2)cc1. The molecule has 1 atom stereocenters. The van der Waals surface area contributed by atoms with Gasteiger partial charge in [-0.1, -0.05) is 12.1 Å². The third kappa shape index (κ3) is 6.95. The number of amides is 2. The minimum atomic E-state index is -0.666. The molecule has 11 nitrogen and oxygen atoms in total. The first-order chi connectivity index (χ1) is 20.4. The zero-order valence-electron chi connectivity index (χ0n) is 23.8. The minimum absolute atomic E-state index is 0.0639. The maximum absolute atomic E-state index is 12.8. The summed E-state index contributed by atoms with van der Waals surface area (Å²) in [7, 11) is 1.59. The molecule has 5 rings (SSSR count). The molecule has 1 unspecified atom stereocenters. The van der Waals surface area contributed by atoms with Gasteiger partial charge in [0.1, 0.15) is 11.6 Å². The molecule has 2 amide bonds. The molecular formula is C31H36N8O3. The van der Waals surface area contributed by atoms with Crippen LogP contribution in [0.3, 0.4) is 0 Å². The van der Waals surface area contributed by atoms with E-state index >= 15 is 0 Å². The van der Waals surface area contributed by atoms with Crippen LogP contribution in [0.15, 0.2) is 54.7 Å². The number of ether oxygens (including phenoxy) is 1. The number of aromatic nitrogens is 2. The summed E-state index contributed by atoms with van der Waals surface area (Å²) in [6.07, 6.45) is 5.31. The lowest BCUT2D eigenvalue weighted by Crippen LogP contribution is -2.48. The predicted octanol–water partition coefficient (Wildman–Crippen LogP) is 3.43. The first kappa shape index (κ1) is 28.8. The number of likely N-dealkylation sites (tertiary alicyclic amines) is 1. The summed E-state index contributed by atoms with van der Waals surface area (Å²) in [4.78, 5) is 38.3. The number of anilines is 3. The van der Waals surface area contributed by atoms with Crippen molar-refractivity contribution in [3.63, 3.8) is 0 Å². The fraction of sp³-hybridized carbons (Fsp3) is 0.387. The Morgan fingerprint density at radius 1 is 1.07 bits per heavy atom. The van der Waals surface area contributed by atoms with Crippen LogP contribution >= 0.6 is 0 Å². The molecule has 11 heteroatoms. The van der Waals surface area contributed by atoms with Crippen LogP contribution in [0.1, 0.15) is 58.0 Å². The van der Waals surface area contributed by atoms with Gasteiger partial charge in [-0.25, -0.2) is 9.97 Å². The molecule has 3 aromatic rings. The lowest BCUT2D eigenvalue weighted by molar-refractivity contribution is 0.0931. The Labute approximate surface area is 245 Å². The average molecular weight is 569 g/mol.